The van der Waals surface area contributed by atoms with Crippen molar-refractivity contribution < 1.29 is 9.53 Å². The van der Waals surface area contributed by atoms with Gasteiger partial charge in [0.1, 0.15) is 0 Å². The zero-order valence-corrected chi connectivity index (χ0v) is 10.9. The van der Waals surface area contributed by atoms with E-state index in [1.165, 1.54) is 0 Å². The van der Waals surface area contributed by atoms with E-state index < -0.39 is 0 Å². The zero-order valence-electron chi connectivity index (χ0n) is 9.28. The van der Waals surface area contributed by atoms with E-state index in [4.69, 9.17) is 4.74 Å². The predicted octanol–water partition coefficient (Wildman–Crippen LogP) is 1.16. The van der Waals surface area contributed by atoms with Gasteiger partial charge in [0.25, 0.3) is 0 Å². The summed E-state index contributed by atoms with van der Waals surface area (Å²) in [5, 5.41) is 6.04. The van der Waals surface area contributed by atoms with Gasteiger partial charge < -0.3 is 15.4 Å². The van der Waals surface area contributed by atoms with Gasteiger partial charge in [0.05, 0.1) is 25.1 Å². The Kier molecular flexibility index (Phi) is 4.47. The van der Waals surface area contributed by atoms with Gasteiger partial charge >= 0.3 is 0 Å². The molecule has 1 aliphatic rings. The lowest BCUT2D eigenvalue weighted by molar-refractivity contribution is -0.117. The lowest BCUT2D eigenvalue weighted by Gasteiger charge is -2.23. The van der Waals surface area contributed by atoms with E-state index in [0.717, 1.165) is 11.0 Å². The van der Waals surface area contributed by atoms with Crippen molar-refractivity contribution in [2.45, 2.75) is 12.5 Å². The molecule has 5 nitrogen and oxygen atoms in total. The first-order valence-corrected chi connectivity index (χ1v) is 6.25. The Balaban J connectivity index is 1.84. The first-order valence-electron chi connectivity index (χ1n) is 5.45. The van der Waals surface area contributed by atoms with Crippen LogP contribution in [0.5, 0.6) is 0 Å². The van der Waals surface area contributed by atoms with Gasteiger partial charge in [0, 0.05) is 29.7 Å². The Morgan fingerprint density at radius 3 is 3.24 bits per heavy atom. The molecule has 1 unspecified atom stereocenters. The van der Waals surface area contributed by atoms with E-state index >= 15 is 0 Å². The molecule has 1 saturated heterocycles. The molecule has 0 aliphatic carbocycles. The van der Waals surface area contributed by atoms with Crippen molar-refractivity contribution >= 4 is 27.5 Å². The number of carbonyl (C=O) groups excluding carboxylic acids is 1. The molecule has 2 rings (SSSR count). The third-order valence-electron chi connectivity index (χ3n) is 2.42. The number of hydrogen-bond acceptors (Lipinski definition) is 4. The van der Waals surface area contributed by atoms with E-state index in [2.05, 4.69) is 31.5 Å². The second-order valence-corrected chi connectivity index (χ2v) is 4.79. The number of carbonyl (C=O) groups is 1. The maximum absolute atomic E-state index is 11.7. The second-order valence-electron chi connectivity index (χ2n) is 3.87. The van der Waals surface area contributed by atoms with Crippen molar-refractivity contribution in [3.8, 4) is 0 Å². The number of anilines is 1. The summed E-state index contributed by atoms with van der Waals surface area (Å²) in [5.41, 5.74) is 0.695. The molecule has 1 atom stereocenters. The number of morpholine rings is 1. The molecule has 1 aromatic rings. The number of aromatic nitrogens is 1. The third kappa shape index (κ3) is 4.07. The molecular formula is C11H14BrN3O2. The highest BCUT2D eigenvalue weighted by molar-refractivity contribution is 9.10. The lowest BCUT2D eigenvalue weighted by Crippen LogP contribution is -2.43. The number of pyridine rings is 1. The van der Waals surface area contributed by atoms with Crippen molar-refractivity contribution in [2.24, 2.45) is 0 Å². The van der Waals surface area contributed by atoms with Gasteiger partial charge in [-0.2, -0.15) is 0 Å². The molecule has 17 heavy (non-hydrogen) atoms. The highest BCUT2D eigenvalue weighted by Crippen LogP contribution is 2.14. The molecule has 0 radical (unpaired) electrons. The third-order valence-corrected chi connectivity index (χ3v) is 2.85. The SMILES string of the molecule is O=C(CC1COCCN1)Nc1cncc(Br)c1. The fourth-order valence-corrected chi connectivity index (χ4v) is 2.03. The summed E-state index contributed by atoms with van der Waals surface area (Å²) in [4.78, 5) is 15.7. The summed E-state index contributed by atoms with van der Waals surface area (Å²) in [6, 6.07) is 1.92. The number of ether oxygens (including phenoxy) is 1. The molecule has 0 bridgehead atoms. The lowest BCUT2D eigenvalue weighted by atomic mass is 10.2. The largest absolute Gasteiger partial charge is 0.378 e. The predicted molar refractivity (Wildman–Crippen MR) is 67.8 cm³/mol. The number of rotatable bonds is 3. The molecule has 0 aromatic carbocycles. The summed E-state index contributed by atoms with van der Waals surface area (Å²) in [7, 11) is 0. The standard InChI is InChI=1S/C11H14BrN3O2/c12-8-3-9(6-13-5-8)15-11(16)4-10-7-17-2-1-14-10/h3,5-6,10,14H,1-2,4,7H2,(H,15,16). The Morgan fingerprint density at radius 2 is 2.53 bits per heavy atom. The minimum Gasteiger partial charge on any atom is -0.378 e. The van der Waals surface area contributed by atoms with Gasteiger partial charge in [0.15, 0.2) is 0 Å². The number of amides is 1. The van der Waals surface area contributed by atoms with Crippen LogP contribution in [-0.2, 0) is 9.53 Å². The fourth-order valence-electron chi connectivity index (χ4n) is 1.67. The molecule has 0 saturated carbocycles. The average molecular weight is 300 g/mol. The van der Waals surface area contributed by atoms with Gasteiger partial charge in [-0.05, 0) is 22.0 Å². The van der Waals surface area contributed by atoms with Crippen LogP contribution in [-0.4, -0.2) is 36.7 Å². The monoisotopic (exact) mass is 299 g/mol. The van der Waals surface area contributed by atoms with Crippen LogP contribution in [0.2, 0.25) is 0 Å². The topological polar surface area (TPSA) is 63.2 Å². The maximum atomic E-state index is 11.7. The van der Waals surface area contributed by atoms with Crippen LogP contribution in [0.15, 0.2) is 22.9 Å². The second kappa shape index (κ2) is 6.09. The average Bonchev–Trinajstić information content (AvgIpc) is 2.30. The minimum atomic E-state index is -0.0344. The maximum Gasteiger partial charge on any atom is 0.226 e. The smallest absolute Gasteiger partial charge is 0.226 e. The van der Waals surface area contributed by atoms with Gasteiger partial charge in [-0.25, -0.2) is 0 Å². The highest BCUT2D eigenvalue weighted by atomic mass is 79.9. The van der Waals surface area contributed by atoms with Gasteiger partial charge in [-0.3, -0.25) is 9.78 Å². The molecule has 1 aliphatic heterocycles. The van der Waals surface area contributed by atoms with Crippen molar-refractivity contribution in [1.29, 1.82) is 0 Å². The van der Waals surface area contributed by atoms with Crippen LogP contribution in [0.4, 0.5) is 5.69 Å². The minimum absolute atomic E-state index is 0.0344. The first-order chi connectivity index (χ1) is 8.24. The molecule has 2 N–H and O–H groups in total. The molecule has 2 heterocycles. The molecule has 0 spiro atoms. The van der Waals surface area contributed by atoms with Crippen LogP contribution in [0.25, 0.3) is 0 Å². The summed E-state index contributed by atoms with van der Waals surface area (Å²) < 4.78 is 6.13. The summed E-state index contributed by atoms with van der Waals surface area (Å²) in [6.45, 7) is 2.11. The van der Waals surface area contributed by atoms with E-state index in [-0.39, 0.29) is 11.9 Å². The van der Waals surface area contributed by atoms with Crippen LogP contribution in [0, 0.1) is 0 Å². The van der Waals surface area contributed by atoms with Crippen molar-refractivity contribution in [3.05, 3.63) is 22.9 Å². The summed E-state index contributed by atoms with van der Waals surface area (Å²) >= 11 is 3.30. The Bertz CT molecular complexity index is 394. The van der Waals surface area contributed by atoms with Crippen molar-refractivity contribution in [1.82, 2.24) is 10.3 Å². The normalized spacial score (nSPS) is 19.9. The Morgan fingerprint density at radius 1 is 1.65 bits per heavy atom. The highest BCUT2D eigenvalue weighted by Gasteiger charge is 2.16. The number of nitrogens with zero attached hydrogens (tertiary/aromatic N) is 1. The molecular weight excluding hydrogens is 286 g/mol. The van der Waals surface area contributed by atoms with Crippen molar-refractivity contribution in [3.63, 3.8) is 0 Å². The van der Waals surface area contributed by atoms with Crippen LogP contribution in [0.1, 0.15) is 6.42 Å². The van der Waals surface area contributed by atoms with Gasteiger partial charge in [-0.1, -0.05) is 0 Å². The Hall–Kier alpha value is -0.980. The molecule has 1 aromatic heterocycles. The van der Waals surface area contributed by atoms with Crippen molar-refractivity contribution in [2.75, 3.05) is 25.1 Å². The van der Waals surface area contributed by atoms with E-state index in [1.54, 1.807) is 12.4 Å². The van der Waals surface area contributed by atoms with E-state index in [1.807, 2.05) is 6.07 Å². The van der Waals surface area contributed by atoms with E-state index in [0.29, 0.717) is 25.3 Å². The zero-order chi connectivity index (χ0) is 12.1. The quantitative estimate of drug-likeness (QED) is 0.879. The Labute approximate surface area is 108 Å². The summed E-state index contributed by atoms with van der Waals surface area (Å²) in [6.07, 6.45) is 3.70. The molecule has 1 amide bonds. The number of hydrogen-bond donors (Lipinski definition) is 2. The van der Waals surface area contributed by atoms with Crippen LogP contribution < -0.4 is 10.6 Å². The van der Waals surface area contributed by atoms with Crippen LogP contribution in [0.3, 0.4) is 0 Å². The molecule has 92 valence electrons. The molecule has 1 fully saturated rings. The summed E-state index contributed by atoms with van der Waals surface area (Å²) in [5.74, 6) is -0.0344. The molecule has 6 heteroatoms. The van der Waals surface area contributed by atoms with E-state index in [9.17, 15) is 4.79 Å². The first kappa shape index (κ1) is 12.5. The fraction of sp³-hybridized carbons (Fsp3) is 0.455. The number of nitrogens with one attached hydrogen (secondary N) is 2. The van der Waals surface area contributed by atoms with Gasteiger partial charge in [-0.15, -0.1) is 0 Å². The number of halogens is 1. The van der Waals surface area contributed by atoms with Gasteiger partial charge in [0.2, 0.25) is 5.91 Å². The van der Waals surface area contributed by atoms with Crippen LogP contribution >= 0.6 is 15.9 Å².